The van der Waals surface area contributed by atoms with E-state index in [0.717, 1.165) is 18.4 Å². The number of sulfonamides is 1. The van der Waals surface area contributed by atoms with Crippen molar-refractivity contribution in [2.75, 3.05) is 11.4 Å². The number of benzene rings is 1. The van der Waals surface area contributed by atoms with Gasteiger partial charge in [-0.3, -0.25) is 19.3 Å². The number of nitrogens with one attached hydrogen (secondary N) is 1. The number of fused-ring (bicyclic) bond motifs is 3. The Balaban J connectivity index is 1.43. The second kappa shape index (κ2) is 7.98. The summed E-state index contributed by atoms with van der Waals surface area (Å²) in [4.78, 5) is 21.9. The van der Waals surface area contributed by atoms with E-state index in [0.29, 0.717) is 29.6 Å². The third-order valence-corrected chi connectivity index (χ3v) is 8.42. The molecule has 1 amide bonds. The number of nitrogens with zero attached hydrogens (tertiary/aromatic N) is 6. The van der Waals surface area contributed by atoms with Crippen molar-refractivity contribution in [1.29, 1.82) is 0 Å². The number of aryl methyl sites for hydroxylation is 1. The standard InChI is InChI=1S/C23H26N8O4S/c1-23(5-6-23)28-36(33,34)16-3-4-18-17(8-16)21(32)30(13-14-10-26-29(2)12-14)22-25-11-19(31(18)22)20-7-15(9-24)27-35-20/h3-4,7-8,10,12,19,28H,5-6,9,11,13,24H2,1-2H3/t19-/m0/s1. The van der Waals surface area contributed by atoms with Crippen molar-refractivity contribution >= 4 is 27.6 Å². The number of aliphatic imine (C=N–C) groups is 1. The van der Waals surface area contributed by atoms with Gasteiger partial charge >= 0.3 is 0 Å². The molecule has 2 aromatic heterocycles. The lowest BCUT2D eigenvalue weighted by atomic mass is 10.0. The lowest BCUT2D eigenvalue weighted by molar-refractivity contribution is 0.0832. The maximum atomic E-state index is 13.8. The summed E-state index contributed by atoms with van der Waals surface area (Å²) in [6.45, 7) is 2.67. The fourth-order valence-corrected chi connectivity index (χ4v) is 6.10. The topological polar surface area (TPSA) is 152 Å². The number of nitrogens with two attached hydrogens (primary N) is 1. The Labute approximate surface area is 207 Å². The fourth-order valence-electron chi connectivity index (χ4n) is 4.61. The van der Waals surface area contributed by atoms with Crippen molar-refractivity contribution in [1.82, 2.24) is 24.6 Å². The summed E-state index contributed by atoms with van der Waals surface area (Å²) in [5.41, 5.74) is 7.54. The molecule has 3 N–H and O–H groups in total. The van der Waals surface area contributed by atoms with E-state index in [1.165, 1.54) is 12.1 Å². The first-order valence-corrected chi connectivity index (χ1v) is 13.1. The van der Waals surface area contributed by atoms with Crippen LogP contribution in [0.15, 0.2) is 51.1 Å². The Morgan fingerprint density at radius 3 is 2.75 bits per heavy atom. The molecule has 0 bridgehead atoms. The molecule has 3 aromatic rings. The Kier molecular flexibility index (Phi) is 5.07. The first-order chi connectivity index (χ1) is 17.2. The Morgan fingerprint density at radius 1 is 1.28 bits per heavy atom. The normalized spacial score (nSPS) is 20.4. The molecule has 1 fully saturated rings. The summed E-state index contributed by atoms with van der Waals surface area (Å²) < 4.78 is 36.1. The quantitative estimate of drug-likeness (QED) is 0.482. The third-order valence-electron chi connectivity index (χ3n) is 6.78. The largest absolute Gasteiger partial charge is 0.359 e. The van der Waals surface area contributed by atoms with Gasteiger partial charge < -0.3 is 10.3 Å². The van der Waals surface area contributed by atoms with Crippen LogP contribution >= 0.6 is 0 Å². The van der Waals surface area contributed by atoms with Crippen molar-refractivity contribution in [2.24, 2.45) is 17.8 Å². The van der Waals surface area contributed by atoms with Crippen molar-refractivity contribution in [3.63, 3.8) is 0 Å². The molecule has 1 aliphatic carbocycles. The zero-order valence-corrected chi connectivity index (χ0v) is 20.7. The number of amides is 1. The number of hydrogen-bond acceptors (Lipinski definition) is 9. The minimum Gasteiger partial charge on any atom is -0.359 e. The van der Waals surface area contributed by atoms with Crippen LogP contribution in [0.25, 0.3) is 0 Å². The van der Waals surface area contributed by atoms with E-state index in [4.69, 9.17) is 10.3 Å². The van der Waals surface area contributed by atoms with Crippen LogP contribution in [0, 0.1) is 0 Å². The van der Waals surface area contributed by atoms with Crippen LogP contribution in [0.5, 0.6) is 0 Å². The maximum absolute atomic E-state index is 13.8. The van der Waals surface area contributed by atoms with Crippen molar-refractivity contribution in [3.05, 3.63) is 59.2 Å². The Morgan fingerprint density at radius 2 is 2.08 bits per heavy atom. The van der Waals surface area contributed by atoms with E-state index in [9.17, 15) is 13.2 Å². The number of carbonyl (C=O) groups is 1. The van der Waals surface area contributed by atoms with Crippen molar-refractivity contribution < 1.29 is 17.7 Å². The zero-order valence-electron chi connectivity index (χ0n) is 19.9. The second-order valence-electron chi connectivity index (χ2n) is 9.71. The second-order valence-corrected chi connectivity index (χ2v) is 11.4. The van der Waals surface area contributed by atoms with Crippen molar-refractivity contribution in [2.45, 2.75) is 49.3 Å². The highest BCUT2D eigenvalue weighted by molar-refractivity contribution is 7.89. The van der Waals surface area contributed by atoms with Crippen LogP contribution in [0.1, 0.15) is 53.2 Å². The van der Waals surface area contributed by atoms with Gasteiger partial charge in [0.2, 0.25) is 16.0 Å². The van der Waals surface area contributed by atoms with E-state index >= 15 is 0 Å². The molecule has 6 rings (SSSR count). The molecule has 0 saturated heterocycles. The number of guanidine groups is 1. The van der Waals surface area contributed by atoms with E-state index in [2.05, 4.69) is 20.0 Å². The molecular weight excluding hydrogens is 484 g/mol. The maximum Gasteiger partial charge on any atom is 0.263 e. The molecule has 1 aromatic carbocycles. The molecule has 0 unspecified atom stereocenters. The predicted octanol–water partition coefficient (Wildman–Crippen LogP) is 1.27. The highest BCUT2D eigenvalue weighted by atomic mass is 32.2. The van der Waals surface area contributed by atoms with Gasteiger partial charge in [0.25, 0.3) is 5.91 Å². The first-order valence-electron chi connectivity index (χ1n) is 11.6. The molecule has 36 heavy (non-hydrogen) atoms. The van der Waals surface area contributed by atoms with Gasteiger partial charge in [-0.25, -0.2) is 18.1 Å². The number of aromatic nitrogens is 3. The Hall–Kier alpha value is -3.55. The summed E-state index contributed by atoms with van der Waals surface area (Å²) in [6.07, 6.45) is 5.08. The van der Waals surface area contributed by atoms with Crippen LogP contribution in [-0.4, -0.2) is 52.2 Å². The average molecular weight is 511 g/mol. The molecule has 13 heteroatoms. The van der Waals surface area contributed by atoms with Gasteiger partial charge in [-0.05, 0) is 38.0 Å². The molecule has 4 heterocycles. The van der Waals surface area contributed by atoms with Crippen LogP contribution in [0.3, 0.4) is 0 Å². The first kappa shape index (κ1) is 22.9. The van der Waals surface area contributed by atoms with Gasteiger partial charge in [-0.1, -0.05) is 5.16 Å². The monoisotopic (exact) mass is 510 g/mol. The summed E-state index contributed by atoms with van der Waals surface area (Å²) in [5.74, 6) is 0.696. The smallest absolute Gasteiger partial charge is 0.263 e. The predicted molar refractivity (Wildman–Crippen MR) is 129 cm³/mol. The fraction of sp³-hybridized carbons (Fsp3) is 0.391. The zero-order chi connectivity index (χ0) is 25.2. The van der Waals surface area contributed by atoms with Crippen LogP contribution in [0.4, 0.5) is 5.69 Å². The SMILES string of the molecule is Cn1cc(CN2C(=O)c3cc(S(=O)(=O)NC4(C)CC4)ccc3N3C2=NC[C@H]3c2cc(CN)no2)cn1. The summed E-state index contributed by atoms with van der Waals surface area (Å²) in [7, 11) is -2.00. The van der Waals surface area contributed by atoms with Gasteiger partial charge in [0.1, 0.15) is 6.04 Å². The van der Waals surface area contributed by atoms with Crippen molar-refractivity contribution in [3.8, 4) is 0 Å². The van der Waals surface area contributed by atoms with Gasteiger partial charge in [0.15, 0.2) is 5.76 Å². The Bertz CT molecular complexity index is 1500. The minimum atomic E-state index is -3.80. The number of hydrogen-bond donors (Lipinski definition) is 2. The van der Waals surface area contributed by atoms with Gasteiger partial charge in [-0.15, -0.1) is 0 Å². The molecule has 12 nitrogen and oxygen atoms in total. The summed E-state index contributed by atoms with van der Waals surface area (Å²) in [5, 5.41) is 8.21. The number of anilines is 1. The van der Waals surface area contributed by atoms with Gasteiger partial charge in [0, 0.05) is 37.0 Å². The van der Waals surface area contributed by atoms with E-state index < -0.39 is 15.6 Å². The molecular formula is C23H26N8O4S. The van der Waals surface area contributed by atoms with Gasteiger partial charge in [0.05, 0.1) is 41.1 Å². The molecule has 0 radical (unpaired) electrons. The molecule has 0 spiro atoms. The summed E-state index contributed by atoms with van der Waals surface area (Å²) in [6, 6.07) is 6.05. The van der Waals surface area contributed by atoms with Crippen LogP contribution < -0.4 is 15.4 Å². The van der Waals surface area contributed by atoms with Crippen LogP contribution in [-0.2, 0) is 30.2 Å². The molecule has 3 aliphatic rings. The number of rotatable bonds is 7. The number of carbonyl (C=O) groups excluding carboxylic acids is 1. The van der Waals surface area contributed by atoms with Gasteiger partial charge in [-0.2, -0.15) is 5.10 Å². The lowest BCUT2D eigenvalue weighted by Gasteiger charge is -2.38. The van der Waals surface area contributed by atoms with E-state index in [1.807, 2.05) is 18.0 Å². The molecule has 188 valence electrons. The third kappa shape index (κ3) is 3.79. The van der Waals surface area contributed by atoms with E-state index in [-0.39, 0.29) is 35.5 Å². The minimum absolute atomic E-state index is 0.0465. The molecule has 2 aliphatic heterocycles. The highest BCUT2D eigenvalue weighted by Crippen LogP contribution is 2.41. The molecule has 1 saturated carbocycles. The van der Waals surface area contributed by atoms with E-state index in [1.54, 1.807) is 35.0 Å². The average Bonchev–Trinajstić information content (AvgIpc) is 3.25. The highest BCUT2D eigenvalue weighted by Gasteiger charge is 2.45. The van der Waals surface area contributed by atoms with Crippen LogP contribution in [0.2, 0.25) is 0 Å². The molecule has 1 atom stereocenters. The lowest BCUT2D eigenvalue weighted by Crippen LogP contribution is -2.50. The summed E-state index contributed by atoms with van der Waals surface area (Å²) >= 11 is 0.